The van der Waals surface area contributed by atoms with Gasteiger partial charge in [-0.25, -0.2) is 9.97 Å². The van der Waals surface area contributed by atoms with Crippen LogP contribution in [0.3, 0.4) is 0 Å². The van der Waals surface area contributed by atoms with Gasteiger partial charge >= 0.3 is 0 Å². The molecular formula is C12H21N5O. The summed E-state index contributed by atoms with van der Waals surface area (Å²) in [5, 5.41) is 5.99. The normalized spacial score (nSPS) is 11.9. The van der Waals surface area contributed by atoms with Crippen LogP contribution in [0.15, 0.2) is 6.33 Å². The number of hydrogen-bond acceptors (Lipinski definition) is 5. The second kappa shape index (κ2) is 6.78. The van der Waals surface area contributed by atoms with E-state index in [4.69, 9.17) is 5.73 Å². The molecule has 0 aliphatic heterocycles. The SMILES string of the molecule is CCC(C)NC(=O)CCNc1ncnc(N)c1C. The van der Waals surface area contributed by atoms with E-state index in [9.17, 15) is 4.79 Å². The average molecular weight is 251 g/mol. The zero-order valence-electron chi connectivity index (χ0n) is 11.2. The van der Waals surface area contributed by atoms with Gasteiger partial charge in [-0.1, -0.05) is 6.92 Å². The fraction of sp³-hybridized carbons (Fsp3) is 0.583. The highest BCUT2D eigenvalue weighted by atomic mass is 16.1. The number of rotatable bonds is 6. The fourth-order valence-electron chi connectivity index (χ4n) is 1.39. The number of anilines is 2. The van der Waals surface area contributed by atoms with E-state index in [1.165, 1.54) is 6.33 Å². The third-order valence-electron chi connectivity index (χ3n) is 2.79. The Balaban J connectivity index is 2.38. The molecule has 6 nitrogen and oxygen atoms in total. The highest BCUT2D eigenvalue weighted by molar-refractivity contribution is 5.76. The summed E-state index contributed by atoms with van der Waals surface area (Å²) in [6.07, 6.45) is 2.75. The van der Waals surface area contributed by atoms with E-state index in [0.29, 0.717) is 24.6 Å². The molecule has 6 heteroatoms. The van der Waals surface area contributed by atoms with Gasteiger partial charge in [-0.2, -0.15) is 0 Å². The Bertz CT molecular complexity index is 407. The van der Waals surface area contributed by atoms with Crippen LogP contribution in [-0.2, 0) is 4.79 Å². The summed E-state index contributed by atoms with van der Waals surface area (Å²) in [5.74, 6) is 1.17. The van der Waals surface area contributed by atoms with Crippen LogP contribution in [0, 0.1) is 6.92 Å². The van der Waals surface area contributed by atoms with E-state index in [1.807, 2.05) is 20.8 Å². The van der Waals surface area contributed by atoms with Crippen molar-refractivity contribution in [1.82, 2.24) is 15.3 Å². The molecule has 100 valence electrons. The van der Waals surface area contributed by atoms with Gasteiger partial charge in [0.25, 0.3) is 0 Å². The van der Waals surface area contributed by atoms with Crippen LogP contribution >= 0.6 is 0 Å². The quantitative estimate of drug-likeness (QED) is 0.703. The molecule has 18 heavy (non-hydrogen) atoms. The van der Waals surface area contributed by atoms with E-state index in [1.54, 1.807) is 0 Å². The minimum Gasteiger partial charge on any atom is -0.383 e. The van der Waals surface area contributed by atoms with Gasteiger partial charge in [-0.3, -0.25) is 4.79 Å². The average Bonchev–Trinajstić information content (AvgIpc) is 2.34. The Morgan fingerprint density at radius 3 is 2.89 bits per heavy atom. The standard InChI is InChI=1S/C12H21N5O/c1-4-8(2)17-10(18)5-6-14-12-9(3)11(13)15-7-16-12/h7-8H,4-6H2,1-3H3,(H,17,18)(H3,13,14,15,16). The van der Waals surface area contributed by atoms with Crippen molar-refractivity contribution in [2.45, 2.75) is 39.7 Å². The van der Waals surface area contributed by atoms with E-state index in [2.05, 4.69) is 20.6 Å². The number of carbonyl (C=O) groups is 1. The first-order valence-electron chi connectivity index (χ1n) is 6.14. The van der Waals surface area contributed by atoms with Crippen LogP contribution < -0.4 is 16.4 Å². The topological polar surface area (TPSA) is 92.9 Å². The molecule has 1 heterocycles. The molecule has 0 spiro atoms. The van der Waals surface area contributed by atoms with Crippen molar-refractivity contribution in [2.75, 3.05) is 17.6 Å². The lowest BCUT2D eigenvalue weighted by Crippen LogP contribution is -2.33. The molecule has 1 aromatic heterocycles. The van der Waals surface area contributed by atoms with Crippen molar-refractivity contribution < 1.29 is 4.79 Å². The zero-order valence-corrected chi connectivity index (χ0v) is 11.2. The molecular weight excluding hydrogens is 230 g/mol. The van der Waals surface area contributed by atoms with Gasteiger partial charge in [-0.15, -0.1) is 0 Å². The number of carbonyl (C=O) groups excluding carboxylic acids is 1. The Kier molecular flexibility index (Phi) is 5.35. The summed E-state index contributed by atoms with van der Waals surface area (Å²) in [7, 11) is 0. The van der Waals surface area contributed by atoms with Gasteiger partial charge in [-0.05, 0) is 20.3 Å². The predicted octanol–water partition coefficient (Wildman–Crippen LogP) is 1.08. The van der Waals surface area contributed by atoms with Crippen molar-refractivity contribution in [3.8, 4) is 0 Å². The third kappa shape index (κ3) is 4.20. The maximum atomic E-state index is 11.5. The van der Waals surface area contributed by atoms with Gasteiger partial charge in [0.1, 0.15) is 18.0 Å². The van der Waals surface area contributed by atoms with Gasteiger partial charge in [0.15, 0.2) is 0 Å². The summed E-state index contributed by atoms with van der Waals surface area (Å²) in [5.41, 5.74) is 6.47. The molecule has 1 unspecified atom stereocenters. The molecule has 1 aromatic rings. The van der Waals surface area contributed by atoms with Crippen LogP contribution in [0.2, 0.25) is 0 Å². The molecule has 1 amide bonds. The molecule has 0 radical (unpaired) electrons. The summed E-state index contributed by atoms with van der Waals surface area (Å²) in [4.78, 5) is 19.5. The van der Waals surface area contributed by atoms with Crippen LogP contribution in [-0.4, -0.2) is 28.5 Å². The number of nitrogens with two attached hydrogens (primary N) is 1. The largest absolute Gasteiger partial charge is 0.383 e. The number of nitrogens with zero attached hydrogens (tertiary/aromatic N) is 2. The molecule has 0 aliphatic carbocycles. The molecule has 4 N–H and O–H groups in total. The second-order valence-electron chi connectivity index (χ2n) is 4.29. The number of nitrogen functional groups attached to an aromatic ring is 1. The second-order valence-corrected chi connectivity index (χ2v) is 4.29. The number of nitrogens with one attached hydrogen (secondary N) is 2. The Labute approximate surface area is 107 Å². The van der Waals surface area contributed by atoms with Crippen molar-refractivity contribution >= 4 is 17.5 Å². The summed E-state index contributed by atoms with van der Waals surface area (Å²) >= 11 is 0. The van der Waals surface area contributed by atoms with Crippen LogP contribution in [0.5, 0.6) is 0 Å². The monoisotopic (exact) mass is 251 g/mol. The first-order valence-corrected chi connectivity index (χ1v) is 6.14. The minimum absolute atomic E-state index is 0.0385. The Hall–Kier alpha value is -1.85. The van der Waals surface area contributed by atoms with Gasteiger partial charge in [0.2, 0.25) is 5.91 Å². The van der Waals surface area contributed by atoms with Crippen LogP contribution in [0.4, 0.5) is 11.6 Å². The molecule has 0 aliphatic rings. The highest BCUT2D eigenvalue weighted by Gasteiger charge is 2.07. The number of amides is 1. The molecule has 0 aromatic carbocycles. The van der Waals surface area contributed by atoms with Gasteiger partial charge in [0, 0.05) is 24.6 Å². The zero-order chi connectivity index (χ0) is 13.5. The molecule has 0 saturated heterocycles. The van der Waals surface area contributed by atoms with Crippen molar-refractivity contribution in [3.63, 3.8) is 0 Å². The predicted molar refractivity (Wildman–Crippen MR) is 72.2 cm³/mol. The fourth-order valence-corrected chi connectivity index (χ4v) is 1.39. The lowest BCUT2D eigenvalue weighted by molar-refractivity contribution is -0.121. The van der Waals surface area contributed by atoms with Crippen LogP contribution in [0.1, 0.15) is 32.3 Å². The smallest absolute Gasteiger partial charge is 0.221 e. The number of aromatic nitrogens is 2. The first-order chi connectivity index (χ1) is 8.54. The first kappa shape index (κ1) is 14.2. The third-order valence-corrected chi connectivity index (χ3v) is 2.79. The summed E-state index contributed by atoms with van der Waals surface area (Å²) < 4.78 is 0. The van der Waals surface area contributed by atoms with Gasteiger partial charge in [0.05, 0.1) is 0 Å². The van der Waals surface area contributed by atoms with Crippen LogP contribution in [0.25, 0.3) is 0 Å². The maximum Gasteiger partial charge on any atom is 0.221 e. The van der Waals surface area contributed by atoms with E-state index < -0.39 is 0 Å². The lowest BCUT2D eigenvalue weighted by atomic mass is 10.2. The minimum atomic E-state index is 0.0385. The molecule has 1 atom stereocenters. The number of hydrogen-bond donors (Lipinski definition) is 3. The molecule has 0 fully saturated rings. The van der Waals surface area contributed by atoms with Crippen molar-refractivity contribution in [3.05, 3.63) is 11.9 Å². The lowest BCUT2D eigenvalue weighted by Gasteiger charge is -2.12. The van der Waals surface area contributed by atoms with E-state index >= 15 is 0 Å². The molecule has 0 saturated carbocycles. The van der Waals surface area contributed by atoms with Gasteiger partial charge < -0.3 is 16.4 Å². The summed E-state index contributed by atoms with van der Waals surface area (Å²) in [6.45, 7) is 6.40. The van der Waals surface area contributed by atoms with E-state index in [0.717, 1.165) is 12.0 Å². The van der Waals surface area contributed by atoms with E-state index in [-0.39, 0.29) is 11.9 Å². The highest BCUT2D eigenvalue weighted by Crippen LogP contribution is 2.14. The van der Waals surface area contributed by atoms with Crippen molar-refractivity contribution in [2.24, 2.45) is 0 Å². The molecule has 1 rings (SSSR count). The Morgan fingerprint density at radius 2 is 2.22 bits per heavy atom. The maximum absolute atomic E-state index is 11.5. The van der Waals surface area contributed by atoms with Crippen molar-refractivity contribution in [1.29, 1.82) is 0 Å². The molecule has 0 bridgehead atoms. The summed E-state index contributed by atoms with van der Waals surface area (Å²) in [6, 6.07) is 0.217. The Morgan fingerprint density at radius 1 is 1.50 bits per heavy atom.